The Morgan fingerprint density at radius 1 is 1.60 bits per heavy atom. The Balaban J connectivity index is 0. The second kappa shape index (κ2) is 6.40. The van der Waals surface area contributed by atoms with Crippen molar-refractivity contribution in [1.29, 1.82) is 0 Å². The minimum Gasteiger partial charge on any atom is -0.394 e. The van der Waals surface area contributed by atoms with Gasteiger partial charge in [-0.05, 0) is 29.4 Å². The first-order chi connectivity index (χ1) is 4.27. The highest BCUT2D eigenvalue weighted by Crippen LogP contribution is 2.51. The van der Waals surface area contributed by atoms with Crippen LogP contribution < -0.4 is 0 Å². The average molecular weight is 211 g/mol. The topological polar surface area (TPSA) is 77.8 Å². The van der Waals surface area contributed by atoms with E-state index in [2.05, 4.69) is 22.5 Å². The molecule has 0 spiro atoms. The molecule has 0 aliphatic carbocycles. The van der Waals surface area contributed by atoms with Crippen LogP contribution in [0.3, 0.4) is 0 Å². The van der Waals surface area contributed by atoms with Gasteiger partial charge in [0, 0.05) is 0 Å². The van der Waals surface area contributed by atoms with Crippen LogP contribution in [-0.4, -0.2) is 27.8 Å². The molecule has 0 saturated carbocycles. The van der Waals surface area contributed by atoms with Crippen LogP contribution in [0.4, 0.5) is 0 Å². The van der Waals surface area contributed by atoms with Crippen molar-refractivity contribution in [3.8, 4) is 0 Å². The molecule has 0 aromatic heterocycles. The molecule has 0 rings (SSSR count). The van der Waals surface area contributed by atoms with E-state index in [9.17, 15) is 4.57 Å². The van der Waals surface area contributed by atoms with Crippen molar-refractivity contribution in [2.24, 2.45) is 0 Å². The highest BCUT2D eigenvalue weighted by Gasteiger charge is 2.02. The summed E-state index contributed by atoms with van der Waals surface area (Å²) in [6, 6.07) is 0. The van der Waals surface area contributed by atoms with Crippen LogP contribution in [0.25, 0.3) is 0 Å². The molecule has 3 N–H and O–H groups in total. The van der Waals surface area contributed by atoms with Crippen molar-refractivity contribution in [1.82, 2.24) is 0 Å². The van der Waals surface area contributed by atoms with Gasteiger partial charge in [-0.2, -0.15) is 0 Å². The predicted molar refractivity (Wildman–Crippen MR) is 40.3 cm³/mol. The predicted octanol–water partition coefficient (Wildman–Crippen LogP) is 0.924. The van der Waals surface area contributed by atoms with Crippen molar-refractivity contribution in [2.75, 3.05) is 6.61 Å². The molecule has 0 aliphatic heterocycles. The van der Waals surface area contributed by atoms with E-state index in [-0.39, 0.29) is 6.61 Å². The maximum Gasteiger partial charge on any atom is 0.377 e. The number of halogens is 2. The molecule has 0 aliphatic rings. The lowest BCUT2D eigenvalue weighted by atomic mass is 10.5. The summed E-state index contributed by atoms with van der Waals surface area (Å²) in [5.41, 5.74) is 0. The highest BCUT2D eigenvalue weighted by molar-refractivity contribution is 8.04. The van der Waals surface area contributed by atoms with Crippen molar-refractivity contribution in [3.05, 3.63) is 0 Å². The Labute approximate surface area is 68.4 Å². The lowest BCUT2D eigenvalue weighted by Gasteiger charge is -1.90. The fourth-order valence-electron chi connectivity index (χ4n) is 0. The summed E-state index contributed by atoms with van der Waals surface area (Å²) in [6.45, 7) is 1.39. The molecule has 0 aromatic rings. The van der Waals surface area contributed by atoms with Crippen LogP contribution in [0.2, 0.25) is 0 Å². The molecule has 7 heteroatoms. The number of hydrogen-bond acceptors (Lipinski definition) is 3. The highest BCUT2D eigenvalue weighted by atomic mass is 35.9. The van der Waals surface area contributed by atoms with Gasteiger partial charge in [0.05, 0.1) is 12.7 Å². The third kappa shape index (κ3) is 71.0. The summed E-state index contributed by atoms with van der Waals surface area (Å²) in [5, 5.41) is 16.0. The summed E-state index contributed by atoms with van der Waals surface area (Å²) < 4.78 is 9.30. The Bertz CT molecular complexity index is 103. The quantitative estimate of drug-likeness (QED) is 0.563. The van der Waals surface area contributed by atoms with Crippen LogP contribution in [0, 0.1) is 0 Å². The van der Waals surface area contributed by atoms with Gasteiger partial charge in [0.25, 0.3) is 0 Å². The van der Waals surface area contributed by atoms with Crippen LogP contribution in [0.15, 0.2) is 0 Å². The standard InChI is InChI=1S/C3H8O2.Cl2HO2P/c1-3(5)2-4;1-5(2,3)4/h3-5H,2H2,1H3;(H,3,4). The van der Waals surface area contributed by atoms with E-state index in [4.69, 9.17) is 15.1 Å². The Morgan fingerprint density at radius 3 is 1.70 bits per heavy atom. The smallest absolute Gasteiger partial charge is 0.377 e. The molecule has 0 amide bonds. The number of rotatable bonds is 1. The second-order valence-electron chi connectivity index (χ2n) is 1.47. The zero-order chi connectivity index (χ0) is 8.78. The first kappa shape index (κ1) is 13.3. The van der Waals surface area contributed by atoms with Gasteiger partial charge >= 0.3 is 6.07 Å². The molecule has 0 heterocycles. The molecule has 1 unspecified atom stereocenters. The van der Waals surface area contributed by atoms with Gasteiger partial charge < -0.3 is 15.1 Å². The van der Waals surface area contributed by atoms with Crippen LogP contribution in [-0.2, 0) is 4.57 Å². The van der Waals surface area contributed by atoms with E-state index in [1.54, 1.807) is 0 Å². The summed E-state index contributed by atoms with van der Waals surface area (Å²) in [7, 11) is 0. The first-order valence-corrected chi connectivity index (χ1v) is 5.75. The lowest BCUT2D eigenvalue weighted by molar-refractivity contribution is 0.110. The zero-order valence-electron chi connectivity index (χ0n) is 5.24. The van der Waals surface area contributed by atoms with Crippen LogP contribution in [0.5, 0.6) is 0 Å². The SMILES string of the molecule is CC(O)CO.O=P(O)(Cl)Cl. The number of aliphatic hydroxyl groups excluding tert-OH is 2. The summed E-state index contributed by atoms with van der Waals surface area (Å²) in [4.78, 5) is 7.61. The van der Waals surface area contributed by atoms with E-state index in [0.717, 1.165) is 0 Å². The largest absolute Gasteiger partial charge is 0.394 e. The molecular weight excluding hydrogens is 202 g/mol. The van der Waals surface area contributed by atoms with Crippen molar-refractivity contribution in [2.45, 2.75) is 13.0 Å². The molecule has 0 radical (unpaired) electrons. The fraction of sp³-hybridized carbons (Fsp3) is 1.00. The van der Waals surface area contributed by atoms with Gasteiger partial charge in [0.2, 0.25) is 0 Å². The molecule has 4 nitrogen and oxygen atoms in total. The van der Waals surface area contributed by atoms with Gasteiger partial charge in [0.1, 0.15) is 0 Å². The summed E-state index contributed by atoms with van der Waals surface area (Å²) in [5.74, 6) is 0. The molecule has 0 saturated heterocycles. The molecule has 0 bridgehead atoms. The van der Waals surface area contributed by atoms with Crippen molar-refractivity contribution in [3.63, 3.8) is 0 Å². The Morgan fingerprint density at radius 2 is 1.70 bits per heavy atom. The minimum absolute atomic E-state index is 0.139. The third-order valence-electron chi connectivity index (χ3n) is 0.264. The normalized spacial score (nSPS) is 13.4. The van der Waals surface area contributed by atoms with Gasteiger partial charge in [-0.25, -0.2) is 0 Å². The van der Waals surface area contributed by atoms with E-state index in [1.165, 1.54) is 6.92 Å². The monoisotopic (exact) mass is 210 g/mol. The van der Waals surface area contributed by atoms with E-state index >= 15 is 0 Å². The van der Waals surface area contributed by atoms with Gasteiger partial charge in [0.15, 0.2) is 0 Å². The van der Waals surface area contributed by atoms with Crippen molar-refractivity contribution >= 4 is 28.6 Å². The molecule has 0 aromatic carbocycles. The maximum absolute atomic E-state index is 9.30. The van der Waals surface area contributed by atoms with Gasteiger partial charge in [-0.1, -0.05) is 0 Å². The summed E-state index contributed by atoms with van der Waals surface area (Å²) in [6.07, 6.45) is -4.25. The molecule has 10 heavy (non-hydrogen) atoms. The van der Waals surface area contributed by atoms with E-state index in [1.807, 2.05) is 0 Å². The summed E-state index contributed by atoms with van der Waals surface area (Å²) >= 11 is 8.81. The first-order valence-electron chi connectivity index (χ1n) is 2.28. The molecular formula is C3H9Cl2O4P. The van der Waals surface area contributed by atoms with Crippen LogP contribution in [0.1, 0.15) is 6.92 Å². The molecule has 1 atom stereocenters. The van der Waals surface area contributed by atoms with Gasteiger partial charge in [-0.3, -0.25) is 4.57 Å². The fourth-order valence-corrected chi connectivity index (χ4v) is 0. The second-order valence-corrected chi connectivity index (χ2v) is 5.60. The number of hydrogen-bond donors (Lipinski definition) is 3. The lowest BCUT2D eigenvalue weighted by Crippen LogP contribution is -2.03. The Hall–Kier alpha value is 0.690. The van der Waals surface area contributed by atoms with Crippen molar-refractivity contribution < 1.29 is 19.7 Å². The Kier molecular flexibility index (Phi) is 8.51. The zero-order valence-corrected chi connectivity index (χ0v) is 7.64. The van der Waals surface area contributed by atoms with E-state index in [0.29, 0.717) is 0 Å². The van der Waals surface area contributed by atoms with E-state index < -0.39 is 12.2 Å². The third-order valence-corrected chi connectivity index (χ3v) is 0.264. The van der Waals surface area contributed by atoms with Gasteiger partial charge in [-0.15, -0.1) is 0 Å². The number of aliphatic hydroxyl groups is 2. The minimum atomic E-state index is -3.69. The van der Waals surface area contributed by atoms with Crippen LogP contribution >= 0.6 is 28.6 Å². The maximum atomic E-state index is 9.30. The average Bonchev–Trinajstić information content (AvgIpc) is 1.61. The molecule has 64 valence electrons. The molecule has 0 fully saturated rings.